The van der Waals surface area contributed by atoms with Gasteiger partial charge in [0.15, 0.2) is 11.8 Å². The molecule has 2 bridgehead atoms. The molecular formula is C51H76N2O10. The number of carbonyl (C=O) groups excluding carboxylic acids is 3. The molecule has 4 saturated heterocycles. The molecule has 0 radical (unpaired) electrons. The normalized spacial score (nSPS) is 36.1. The summed E-state index contributed by atoms with van der Waals surface area (Å²) in [4.78, 5) is 49.0. The van der Waals surface area contributed by atoms with Gasteiger partial charge in [0.1, 0.15) is 35.4 Å². The van der Waals surface area contributed by atoms with Crippen molar-refractivity contribution in [1.29, 1.82) is 0 Å². The first-order chi connectivity index (χ1) is 29.9. The minimum atomic E-state index is -1.40. The van der Waals surface area contributed by atoms with Crippen LogP contribution in [0.4, 0.5) is 0 Å². The number of hydroxylamine groups is 2. The average Bonchev–Trinajstić information content (AvgIpc) is 3.50. The highest BCUT2D eigenvalue weighted by molar-refractivity contribution is 5.93. The van der Waals surface area contributed by atoms with Gasteiger partial charge in [0.25, 0.3) is 0 Å². The molecule has 12 nitrogen and oxygen atoms in total. The van der Waals surface area contributed by atoms with Crippen LogP contribution in [-0.4, -0.2) is 94.2 Å². The molecule has 1 aromatic carbocycles. The topological polar surface area (TPSA) is 145 Å². The van der Waals surface area contributed by atoms with Crippen LogP contribution in [0.25, 0.3) is 6.08 Å². The number of ether oxygens (including phenoxy) is 5. The van der Waals surface area contributed by atoms with E-state index in [1.54, 1.807) is 25.8 Å². The molecule has 12 heteroatoms. The maximum Gasteiger partial charge on any atom is 0.327 e. The molecule has 3 unspecified atom stereocenters. The molecule has 4 heterocycles. The zero-order valence-electron chi connectivity index (χ0n) is 39.4. The molecule has 11 atom stereocenters. The van der Waals surface area contributed by atoms with Crippen LogP contribution in [0.1, 0.15) is 169 Å². The number of carbonyl (C=O) groups is 3. The van der Waals surface area contributed by atoms with E-state index in [9.17, 15) is 14.7 Å². The molecule has 4 aliphatic heterocycles. The van der Waals surface area contributed by atoms with Gasteiger partial charge in [-0.2, -0.15) is 5.06 Å². The van der Waals surface area contributed by atoms with Crippen LogP contribution in [0.5, 0.6) is 0 Å². The Morgan fingerprint density at radius 3 is 2.32 bits per heavy atom. The van der Waals surface area contributed by atoms with Crippen molar-refractivity contribution in [2.75, 3.05) is 6.61 Å². The Balaban J connectivity index is 1.06. The van der Waals surface area contributed by atoms with Crippen molar-refractivity contribution in [1.82, 2.24) is 10.4 Å². The van der Waals surface area contributed by atoms with E-state index in [-0.39, 0.29) is 31.4 Å². The average molecular weight is 877 g/mol. The van der Waals surface area contributed by atoms with Crippen molar-refractivity contribution >= 4 is 23.9 Å². The minimum Gasteiger partial charge on any atom is -0.460 e. The molecule has 0 aromatic heterocycles. The Morgan fingerprint density at radius 1 is 0.968 bits per heavy atom. The molecule has 63 heavy (non-hydrogen) atoms. The molecule has 8 rings (SSSR count). The highest BCUT2D eigenvalue weighted by atomic mass is 16.8. The Kier molecular flexibility index (Phi) is 13.4. The van der Waals surface area contributed by atoms with Crippen LogP contribution in [-0.2, 0) is 49.5 Å². The fourth-order valence-corrected chi connectivity index (χ4v) is 12.2. The van der Waals surface area contributed by atoms with E-state index in [0.29, 0.717) is 36.2 Å². The maximum absolute atomic E-state index is 15.0. The number of fused-ring (bicyclic) bond motifs is 6. The molecule has 1 aromatic rings. The van der Waals surface area contributed by atoms with Crippen LogP contribution in [0.3, 0.4) is 0 Å². The lowest BCUT2D eigenvalue weighted by atomic mass is 9.52. The number of hydrogen-bond donors (Lipinski definition) is 2. The van der Waals surface area contributed by atoms with Gasteiger partial charge in [-0.15, -0.1) is 0 Å². The highest BCUT2D eigenvalue weighted by Crippen LogP contribution is 2.61. The zero-order chi connectivity index (χ0) is 45.0. The van der Waals surface area contributed by atoms with E-state index >= 15 is 4.79 Å². The number of rotatable bonds is 17. The van der Waals surface area contributed by atoms with Crippen molar-refractivity contribution in [3.63, 3.8) is 0 Å². The third-order valence-corrected chi connectivity index (χ3v) is 15.7. The van der Waals surface area contributed by atoms with E-state index in [4.69, 9.17) is 28.5 Å². The van der Waals surface area contributed by atoms with Gasteiger partial charge < -0.3 is 34.1 Å². The lowest BCUT2D eigenvalue weighted by molar-refractivity contribution is -0.224. The second-order valence-electron chi connectivity index (χ2n) is 22.1. The number of aliphatic hydroxyl groups excluding tert-OH is 1. The molecular weight excluding hydrogens is 801 g/mol. The predicted molar refractivity (Wildman–Crippen MR) is 238 cm³/mol. The number of esters is 2. The van der Waals surface area contributed by atoms with Gasteiger partial charge in [-0.3, -0.25) is 19.2 Å². The number of benzene rings is 1. The number of nitrogens with zero attached hydrogens (tertiary/aromatic N) is 1. The number of amides is 1. The fraction of sp³-hybridized carbons (Fsp3) is 0.784. The summed E-state index contributed by atoms with van der Waals surface area (Å²) in [6.45, 7) is 16.7. The first kappa shape index (κ1) is 46.7. The van der Waals surface area contributed by atoms with Crippen molar-refractivity contribution in [3.8, 4) is 0 Å². The summed E-state index contributed by atoms with van der Waals surface area (Å²) >= 11 is 0. The Morgan fingerprint density at radius 2 is 1.67 bits per heavy atom. The lowest BCUT2D eigenvalue weighted by Gasteiger charge is -2.53. The van der Waals surface area contributed by atoms with E-state index in [2.05, 4.69) is 70.3 Å². The number of allylic oxidation sites excluding steroid dienone is 1. The van der Waals surface area contributed by atoms with Crippen molar-refractivity contribution in [2.24, 2.45) is 22.7 Å². The number of aliphatic hydroxyl groups is 1. The summed E-state index contributed by atoms with van der Waals surface area (Å²) in [5.41, 5.74) is 1.91. The smallest absolute Gasteiger partial charge is 0.327 e. The van der Waals surface area contributed by atoms with Gasteiger partial charge in [-0.1, -0.05) is 89.3 Å². The SMILES string of the molecule is CCCCCC1(CCCCC)O[C@@H]2[C@H]3ON(Cc4ccc(C=C5CCC6O[C@]6(C)CC[C@@H]6[C@@H]5CC6(C)C)cc4)[C@H]4C(=O)OC(CC34C(=O)N[C@H](CO)CCC(=O)OC(C)(C)C)[C@@H]2O1. The quantitative estimate of drug-likeness (QED) is 0.0883. The lowest BCUT2D eigenvalue weighted by Crippen LogP contribution is -2.70. The minimum absolute atomic E-state index is 0.00981. The first-order valence-corrected chi connectivity index (χ1v) is 24.5. The number of hydrogen-bond acceptors (Lipinski definition) is 11. The summed E-state index contributed by atoms with van der Waals surface area (Å²) in [7, 11) is 0. The van der Waals surface area contributed by atoms with Crippen LogP contribution in [0.15, 0.2) is 29.8 Å². The van der Waals surface area contributed by atoms with Crippen molar-refractivity contribution < 1.29 is 48.0 Å². The monoisotopic (exact) mass is 877 g/mol. The number of nitrogens with one attached hydrogen (secondary N) is 1. The second kappa shape index (κ2) is 18.1. The largest absolute Gasteiger partial charge is 0.460 e. The highest BCUT2D eigenvalue weighted by Gasteiger charge is 2.76. The van der Waals surface area contributed by atoms with E-state index in [0.717, 1.165) is 68.9 Å². The van der Waals surface area contributed by atoms with Gasteiger partial charge in [0.2, 0.25) is 5.91 Å². The summed E-state index contributed by atoms with van der Waals surface area (Å²) in [5.74, 6) is -1.01. The van der Waals surface area contributed by atoms with Gasteiger partial charge in [0.05, 0.1) is 30.9 Å². The third-order valence-electron chi connectivity index (χ3n) is 15.7. The second-order valence-corrected chi connectivity index (χ2v) is 22.1. The van der Waals surface area contributed by atoms with Crippen molar-refractivity contribution in [3.05, 3.63) is 41.0 Å². The molecule has 0 spiro atoms. The number of unbranched alkanes of at least 4 members (excludes halogenated alkanes) is 4. The van der Waals surface area contributed by atoms with Gasteiger partial charge >= 0.3 is 11.9 Å². The van der Waals surface area contributed by atoms with Crippen LogP contribution in [0, 0.1) is 22.7 Å². The number of epoxide rings is 1. The van der Waals surface area contributed by atoms with Crippen LogP contribution < -0.4 is 5.32 Å². The van der Waals surface area contributed by atoms with Crippen molar-refractivity contribution in [2.45, 2.75) is 224 Å². The van der Waals surface area contributed by atoms with E-state index < -0.39 is 77.8 Å². The van der Waals surface area contributed by atoms with Crippen LogP contribution >= 0.6 is 0 Å². The Bertz CT molecular complexity index is 1850. The molecule has 1 amide bonds. The summed E-state index contributed by atoms with van der Waals surface area (Å²) in [5, 5.41) is 15.2. The molecule has 3 aliphatic carbocycles. The summed E-state index contributed by atoms with van der Waals surface area (Å²) in [6.07, 6.45) is 13.3. The van der Waals surface area contributed by atoms with Gasteiger partial charge in [-0.05, 0) is 107 Å². The maximum atomic E-state index is 15.0. The van der Waals surface area contributed by atoms with E-state index in [1.807, 2.05) is 0 Å². The van der Waals surface area contributed by atoms with E-state index in [1.165, 1.54) is 18.4 Å². The molecule has 350 valence electrons. The zero-order valence-corrected chi connectivity index (χ0v) is 39.4. The van der Waals surface area contributed by atoms with Gasteiger partial charge in [-0.25, -0.2) is 0 Å². The molecule has 7 fully saturated rings. The molecule has 3 saturated carbocycles. The first-order valence-electron chi connectivity index (χ1n) is 24.5. The Labute approximate surface area is 375 Å². The fourth-order valence-electron chi connectivity index (χ4n) is 12.2. The molecule has 7 aliphatic rings. The standard InChI is InChI=1S/C51H76N2O10/c1-9-11-13-24-50(25-14-12-10-2)61-41-38-29-51(46(57)52-35(31-54)20-22-40(55)60-47(3,4)5)43(45(56)58-38)53(63-44(51)42(41)62-50)30-33-17-15-32(16-18-33)27-34-19-21-39-49(8,59-39)26-23-37-36(34)28-48(37,6)7/h15-18,27,35-39,41-44,54H,9-14,19-26,28-31H2,1-8H3,(H,52,57)/t35-,36+,37+,38?,39?,41-,42-,43-,44+,49+,51?/m0/s1. The third kappa shape index (κ3) is 9.42. The van der Waals surface area contributed by atoms with Crippen LogP contribution in [0.2, 0.25) is 0 Å². The predicted octanol–water partition coefficient (Wildman–Crippen LogP) is 8.50. The Hall–Kier alpha value is -2.87. The van der Waals surface area contributed by atoms with Gasteiger partial charge in [0, 0.05) is 25.7 Å². The summed E-state index contributed by atoms with van der Waals surface area (Å²) in [6, 6.07) is 6.64. The summed E-state index contributed by atoms with van der Waals surface area (Å²) < 4.78 is 32.0. The molecule has 2 N–H and O–H groups in total.